The maximum Gasteiger partial charge on any atom is 0.274 e. The van der Waals surface area contributed by atoms with E-state index in [1.807, 2.05) is 72.6 Å². The van der Waals surface area contributed by atoms with Gasteiger partial charge in [0, 0.05) is 44.3 Å². The molecule has 4 rings (SSSR count). The Morgan fingerprint density at radius 1 is 1.06 bits per heavy atom. The number of aryl methyl sites for hydroxylation is 1. The fourth-order valence-electron chi connectivity index (χ4n) is 4.81. The van der Waals surface area contributed by atoms with E-state index in [1.165, 1.54) is 5.56 Å². The number of benzene rings is 2. The number of rotatable bonds is 7. The molecule has 3 aromatic rings. The van der Waals surface area contributed by atoms with Crippen LogP contribution in [0.4, 0.5) is 0 Å². The van der Waals surface area contributed by atoms with Gasteiger partial charge in [-0.2, -0.15) is 5.10 Å². The third kappa shape index (κ3) is 5.36. The van der Waals surface area contributed by atoms with Crippen LogP contribution in [0.3, 0.4) is 0 Å². The summed E-state index contributed by atoms with van der Waals surface area (Å²) in [5.74, 6) is 0.340. The van der Waals surface area contributed by atoms with E-state index >= 15 is 0 Å². The van der Waals surface area contributed by atoms with Gasteiger partial charge >= 0.3 is 0 Å². The summed E-state index contributed by atoms with van der Waals surface area (Å²) in [5.41, 5.74) is 2.45. The summed E-state index contributed by atoms with van der Waals surface area (Å²) in [6.45, 7) is 1.40. The van der Waals surface area contributed by atoms with Crippen LogP contribution in [0.1, 0.15) is 39.3 Å². The first-order chi connectivity index (χ1) is 16.5. The molecule has 34 heavy (non-hydrogen) atoms. The number of carbonyl (C=O) groups excluding carboxylic acids is 2. The number of hydrogen-bond donors (Lipinski definition) is 0. The Hall–Kier alpha value is -3.06. The number of amides is 2. The van der Waals surface area contributed by atoms with E-state index in [2.05, 4.69) is 17.2 Å². The van der Waals surface area contributed by atoms with E-state index in [0.29, 0.717) is 24.7 Å². The van der Waals surface area contributed by atoms with E-state index in [0.717, 1.165) is 29.7 Å². The lowest BCUT2D eigenvalue weighted by molar-refractivity contribution is 0.0517. The highest BCUT2D eigenvalue weighted by atomic mass is 32.2. The first kappa shape index (κ1) is 24.1. The topological polar surface area (TPSA) is 58.4 Å². The van der Waals surface area contributed by atoms with E-state index < -0.39 is 0 Å². The van der Waals surface area contributed by atoms with Gasteiger partial charge in [0.05, 0.1) is 5.56 Å². The number of carbonyl (C=O) groups is 2. The summed E-state index contributed by atoms with van der Waals surface area (Å²) in [4.78, 5) is 31.3. The largest absolute Gasteiger partial charge is 0.339 e. The second kappa shape index (κ2) is 10.9. The molecule has 6 nitrogen and oxygen atoms in total. The number of thioether (sulfide) groups is 1. The Bertz CT molecular complexity index is 1120. The smallest absolute Gasteiger partial charge is 0.274 e. The van der Waals surface area contributed by atoms with Crippen LogP contribution < -0.4 is 0 Å². The molecule has 7 heteroatoms. The van der Waals surface area contributed by atoms with Crippen molar-refractivity contribution in [3.05, 3.63) is 83.7 Å². The summed E-state index contributed by atoms with van der Waals surface area (Å²) in [7, 11) is 3.71. The number of likely N-dealkylation sites (N-methyl/N-ethyl adjacent to an activating group) is 1. The van der Waals surface area contributed by atoms with E-state index in [4.69, 9.17) is 0 Å². The Kier molecular flexibility index (Phi) is 7.73. The Labute approximate surface area is 205 Å². The van der Waals surface area contributed by atoms with Crippen molar-refractivity contribution in [1.82, 2.24) is 19.6 Å². The predicted octanol–water partition coefficient (Wildman–Crippen LogP) is 4.38. The van der Waals surface area contributed by atoms with Gasteiger partial charge in [-0.25, -0.2) is 0 Å². The lowest BCUT2D eigenvalue weighted by Gasteiger charge is -2.40. The lowest BCUT2D eigenvalue weighted by atomic mass is 9.84. The monoisotopic (exact) mass is 476 g/mol. The first-order valence-corrected chi connectivity index (χ1v) is 12.9. The molecule has 1 aliphatic heterocycles. The third-order valence-corrected chi connectivity index (χ3v) is 7.54. The molecule has 2 heterocycles. The molecule has 0 bridgehead atoms. The summed E-state index contributed by atoms with van der Waals surface area (Å²) >= 11 is 1.60. The van der Waals surface area contributed by atoms with Gasteiger partial charge in [-0.3, -0.25) is 14.3 Å². The van der Waals surface area contributed by atoms with Crippen LogP contribution in [0, 0.1) is 5.92 Å². The third-order valence-electron chi connectivity index (χ3n) is 6.75. The van der Waals surface area contributed by atoms with Crippen LogP contribution in [0.15, 0.2) is 71.8 Å². The summed E-state index contributed by atoms with van der Waals surface area (Å²) < 4.78 is 1.66. The SMILES string of the molecule is CSc1ccccc1C(=O)N1CCC([C@@H](Cc2ccccc2)N(C)C(=O)c2ccn(C)n2)CC1. The minimum Gasteiger partial charge on any atom is -0.339 e. The van der Waals surface area contributed by atoms with E-state index in [1.54, 1.807) is 28.7 Å². The molecule has 1 aliphatic rings. The molecule has 0 unspecified atom stereocenters. The fourth-order valence-corrected chi connectivity index (χ4v) is 5.40. The first-order valence-electron chi connectivity index (χ1n) is 11.7. The van der Waals surface area contributed by atoms with Crippen LogP contribution in [-0.4, -0.2) is 63.8 Å². The highest BCUT2D eigenvalue weighted by molar-refractivity contribution is 7.98. The highest BCUT2D eigenvalue weighted by Crippen LogP contribution is 2.29. The Morgan fingerprint density at radius 2 is 1.74 bits per heavy atom. The molecule has 1 aromatic heterocycles. The number of hydrogen-bond acceptors (Lipinski definition) is 4. The predicted molar refractivity (Wildman–Crippen MR) is 136 cm³/mol. The van der Waals surface area contributed by atoms with Gasteiger partial charge in [0.15, 0.2) is 0 Å². The molecule has 1 saturated heterocycles. The number of aromatic nitrogens is 2. The minimum atomic E-state index is -0.0612. The molecule has 0 spiro atoms. The standard InChI is InChI=1S/C27H32N4O2S/c1-29-16-15-23(28-29)27(33)30(2)24(19-20-9-5-4-6-10-20)21-13-17-31(18-14-21)26(32)22-11-7-8-12-25(22)34-3/h4-12,15-16,21,24H,13-14,17-19H2,1-3H3/t24-/m1/s1. The second-order valence-electron chi connectivity index (χ2n) is 8.88. The van der Waals surface area contributed by atoms with Crippen LogP contribution in [-0.2, 0) is 13.5 Å². The van der Waals surface area contributed by atoms with Crippen LogP contribution >= 0.6 is 11.8 Å². The fraction of sp³-hybridized carbons (Fsp3) is 0.370. The number of nitrogens with zero attached hydrogens (tertiary/aromatic N) is 4. The van der Waals surface area contributed by atoms with Crippen molar-refractivity contribution in [2.24, 2.45) is 13.0 Å². The highest BCUT2D eigenvalue weighted by Gasteiger charge is 2.34. The molecular formula is C27H32N4O2S. The Balaban J connectivity index is 1.49. The van der Waals surface area contributed by atoms with E-state index in [-0.39, 0.29) is 17.9 Å². The number of piperidine rings is 1. The van der Waals surface area contributed by atoms with Crippen LogP contribution in [0.5, 0.6) is 0 Å². The summed E-state index contributed by atoms with van der Waals surface area (Å²) in [5, 5.41) is 4.32. The van der Waals surface area contributed by atoms with Crippen molar-refractivity contribution >= 4 is 23.6 Å². The Morgan fingerprint density at radius 3 is 2.38 bits per heavy atom. The second-order valence-corrected chi connectivity index (χ2v) is 9.73. The molecule has 1 fully saturated rings. The lowest BCUT2D eigenvalue weighted by Crippen LogP contribution is -2.48. The molecule has 0 radical (unpaired) electrons. The summed E-state index contributed by atoms with van der Waals surface area (Å²) in [6.07, 6.45) is 6.31. The zero-order valence-electron chi connectivity index (χ0n) is 20.1. The van der Waals surface area contributed by atoms with Crippen molar-refractivity contribution in [2.75, 3.05) is 26.4 Å². The van der Waals surface area contributed by atoms with Gasteiger partial charge in [0.1, 0.15) is 5.69 Å². The van der Waals surface area contributed by atoms with Gasteiger partial charge in [-0.05, 0) is 55.2 Å². The molecule has 1 atom stereocenters. The molecule has 0 aliphatic carbocycles. The van der Waals surface area contributed by atoms with Gasteiger partial charge in [0.25, 0.3) is 11.8 Å². The van der Waals surface area contributed by atoms with Crippen molar-refractivity contribution in [3.63, 3.8) is 0 Å². The molecule has 2 aromatic carbocycles. The molecule has 2 amide bonds. The van der Waals surface area contributed by atoms with Gasteiger partial charge in [-0.1, -0.05) is 42.5 Å². The van der Waals surface area contributed by atoms with Crippen molar-refractivity contribution in [1.29, 1.82) is 0 Å². The van der Waals surface area contributed by atoms with Gasteiger partial charge in [-0.15, -0.1) is 11.8 Å². The van der Waals surface area contributed by atoms with Crippen LogP contribution in [0.25, 0.3) is 0 Å². The molecule has 178 valence electrons. The molecule has 0 saturated carbocycles. The maximum absolute atomic E-state index is 13.2. The van der Waals surface area contributed by atoms with Gasteiger partial charge in [0.2, 0.25) is 0 Å². The average molecular weight is 477 g/mol. The van der Waals surface area contributed by atoms with Crippen molar-refractivity contribution in [3.8, 4) is 0 Å². The quantitative estimate of drug-likeness (QED) is 0.475. The van der Waals surface area contributed by atoms with Crippen LogP contribution in [0.2, 0.25) is 0 Å². The minimum absolute atomic E-state index is 0.0349. The molecular weight excluding hydrogens is 444 g/mol. The van der Waals surface area contributed by atoms with Crippen molar-refractivity contribution < 1.29 is 9.59 Å². The maximum atomic E-state index is 13.2. The summed E-state index contributed by atoms with van der Waals surface area (Å²) in [6, 6.07) is 19.9. The zero-order chi connectivity index (χ0) is 24.1. The average Bonchev–Trinajstić information content (AvgIpc) is 3.33. The normalized spacial score (nSPS) is 15.2. The number of likely N-dealkylation sites (tertiary alicyclic amines) is 1. The zero-order valence-corrected chi connectivity index (χ0v) is 20.9. The molecule has 0 N–H and O–H groups in total. The van der Waals surface area contributed by atoms with Crippen molar-refractivity contribution in [2.45, 2.75) is 30.2 Å². The van der Waals surface area contributed by atoms with E-state index in [9.17, 15) is 9.59 Å². The van der Waals surface area contributed by atoms with Gasteiger partial charge < -0.3 is 9.80 Å².